The third-order valence-corrected chi connectivity index (χ3v) is 7.79. The molecule has 164 valence electrons. The molecule has 0 bridgehead atoms. The van der Waals surface area contributed by atoms with Crippen LogP contribution in [-0.2, 0) is 17.6 Å². The minimum absolute atomic E-state index is 0.00225. The van der Waals surface area contributed by atoms with Crippen LogP contribution in [0.3, 0.4) is 0 Å². The van der Waals surface area contributed by atoms with Gasteiger partial charge in [0, 0.05) is 25.1 Å². The van der Waals surface area contributed by atoms with Gasteiger partial charge in [-0.25, -0.2) is 4.98 Å². The Balaban J connectivity index is 1.52. The minimum atomic E-state index is -1.09. The van der Waals surface area contributed by atoms with Gasteiger partial charge >= 0.3 is 0 Å². The highest BCUT2D eigenvalue weighted by atomic mass is 32.2. The molecule has 6 nitrogen and oxygen atoms in total. The summed E-state index contributed by atoms with van der Waals surface area (Å²) in [5.41, 5.74) is 3.11. The van der Waals surface area contributed by atoms with E-state index in [4.69, 9.17) is 16.4 Å². The van der Waals surface area contributed by atoms with Gasteiger partial charge < -0.3 is 19.9 Å². The summed E-state index contributed by atoms with van der Waals surface area (Å²) in [7, 11) is 0. The first-order chi connectivity index (χ1) is 15.0. The van der Waals surface area contributed by atoms with Crippen LogP contribution in [0.2, 0.25) is 0 Å². The van der Waals surface area contributed by atoms with Crippen molar-refractivity contribution in [3.8, 4) is 12.3 Å². The van der Waals surface area contributed by atoms with Gasteiger partial charge in [0.15, 0.2) is 5.82 Å². The van der Waals surface area contributed by atoms with Gasteiger partial charge in [-0.15, -0.1) is 6.42 Å². The highest BCUT2D eigenvalue weighted by Crippen LogP contribution is 2.35. The molecule has 0 spiro atoms. The number of anilines is 2. The van der Waals surface area contributed by atoms with Gasteiger partial charge in [-0.1, -0.05) is 31.9 Å². The lowest BCUT2D eigenvalue weighted by Gasteiger charge is -2.33. The van der Waals surface area contributed by atoms with Crippen molar-refractivity contribution in [1.82, 2.24) is 9.97 Å². The number of aryl methyl sites for hydroxylation is 1. The van der Waals surface area contributed by atoms with Crippen LogP contribution in [0.1, 0.15) is 49.4 Å². The highest BCUT2D eigenvalue weighted by Gasteiger charge is 2.34. The Hall–Kier alpha value is -2.27. The van der Waals surface area contributed by atoms with E-state index in [0.717, 1.165) is 37.2 Å². The summed E-state index contributed by atoms with van der Waals surface area (Å²) in [5, 5.41) is 13.1. The van der Waals surface area contributed by atoms with Crippen LogP contribution in [0.15, 0.2) is 29.2 Å². The van der Waals surface area contributed by atoms with Crippen molar-refractivity contribution in [2.75, 3.05) is 35.7 Å². The Bertz CT molecular complexity index is 949. The lowest BCUT2D eigenvalue weighted by atomic mass is 9.89. The lowest BCUT2D eigenvalue weighted by Crippen LogP contribution is -2.35. The molecule has 0 saturated carbocycles. The zero-order valence-electron chi connectivity index (χ0n) is 18.2. The van der Waals surface area contributed by atoms with Gasteiger partial charge in [-0.3, -0.25) is 0 Å². The van der Waals surface area contributed by atoms with Crippen molar-refractivity contribution >= 4 is 22.9 Å². The summed E-state index contributed by atoms with van der Waals surface area (Å²) in [6.45, 7) is 5.84. The summed E-state index contributed by atoms with van der Waals surface area (Å²) in [6.07, 6.45) is 8.22. The van der Waals surface area contributed by atoms with E-state index >= 15 is 0 Å². The third kappa shape index (κ3) is 4.67. The second-order valence-corrected chi connectivity index (χ2v) is 10.2. The molecule has 0 radical (unpaired) electrons. The molecule has 1 aromatic heterocycles. The van der Waals surface area contributed by atoms with E-state index in [2.05, 4.69) is 28.3 Å². The molecule has 2 aliphatic heterocycles. The maximum atomic E-state index is 12.6. The van der Waals surface area contributed by atoms with Gasteiger partial charge in [0.2, 0.25) is 10.8 Å². The molecule has 0 aliphatic carbocycles. The van der Waals surface area contributed by atoms with E-state index in [0.29, 0.717) is 34.8 Å². The molecule has 31 heavy (non-hydrogen) atoms. The largest absolute Gasteiger partial charge is 0.611 e. The van der Waals surface area contributed by atoms with Crippen molar-refractivity contribution in [3.05, 3.63) is 41.1 Å². The molecule has 3 heterocycles. The summed E-state index contributed by atoms with van der Waals surface area (Å²) in [6, 6.07) is 8.16. The van der Waals surface area contributed by atoms with Gasteiger partial charge in [-0.05, 0) is 53.5 Å². The van der Waals surface area contributed by atoms with Crippen molar-refractivity contribution < 1.29 is 9.66 Å². The molecular weight excluding hydrogens is 408 g/mol. The number of nitrogens with zero attached hydrogens (tertiary/aromatic N) is 3. The maximum absolute atomic E-state index is 12.6. The maximum Gasteiger partial charge on any atom is 0.227 e. The Morgan fingerprint density at radius 2 is 1.97 bits per heavy atom. The molecule has 4 rings (SSSR count). The normalized spacial score (nSPS) is 19.9. The lowest BCUT2D eigenvalue weighted by molar-refractivity contribution is 0.248. The second kappa shape index (κ2) is 9.47. The number of hydrogen-bond donors (Lipinski definition) is 2. The van der Waals surface area contributed by atoms with Crippen LogP contribution in [-0.4, -0.2) is 51.1 Å². The summed E-state index contributed by atoms with van der Waals surface area (Å²) < 4.78 is 12.6. The molecule has 1 saturated heterocycles. The average Bonchev–Trinajstić information content (AvgIpc) is 3.18. The van der Waals surface area contributed by atoms with Crippen LogP contribution >= 0.6 is 0 Å². The monoisotopic (exact) mass is 438 g/mol. The van der Waals surface area contributed by atoms with Crippen LogP contribution < -0.4 is 10.2 Å². The van der Waals surface area contributed by atoms with Crippen LogP contribution in [0, 0.1) is 18.3 Å². The predicted octanol–water partition coefficient (Wildman–Crippen LogP) is 2.93. The molecule has 1 aromatic carbocycles. The van der Waals surface area contributed by atoms with Crippen LogP contribution in [0.5, 0.6) is 0 Å². The number of piperidine rings is 1. The first-order valence-corrected chi connectivity index (χ1v) is 12.3. The summed E-state index contributed by atoms with van der Waals surface area (Å²) in [4.78, 5) is 12.5. The van der Waals surface area contributed by atoms with E-state index in [1.54, 1.807) is 0 Å². The SMILES string of the molecule is C#Cc1ccc(C2CCN(c3nc4c(c(N[C@@H](CO)C(C)C)n3)[S+]([O-])CC4)CC2)cc1. The highest BCUT2D eigenvalue weighted by molar-refractivity contribution is 7.91. The average molecular weight is 439 g/mol. The molecule has 1 unspecified atom stereocenters. The first kappa shape index (κ1) is 21.9. The van der Waals surface area contributed by atoms with Gasteiger partial charge in [0.25, 0.3) is 0 Å². The molecule has 7 heteroatoms. The number of rotatable bonds is 6. The smallest absolute Gasteiger partial charge is 0.227 e. The second-order valence-electron chi connectivity index (χ2n) is 8.65. The van der Waals surface area contributed by atoms with Crippen LogP contribution in [0.25, 0.3) is 0 Å². The number of aliphatic hydroxyl groups excluding tert-OH is 1. The van der Waals surface area contributed by atoms with Crippen molar-refractivity contribution in [2.24, 2.45) is 5.92 Å². The van der Waals surface area contributed by atoms with E-state index in [-0.39, 0.29) is 18.6 Å². The number of nitrogens with one attached hydrogen (secondary N) is 1. The van der Waals surface area contributed by atoms with Crippen molar-refractivity contribution in [2.45, 2.75) is 50.0 Å². The Morgan fingerprint density at radius 3 is 2.58 bits per heavy atom. The number of aliphatic hydroxyl groups is 1. The molecule has 2 atom stereocenters. The van der Waals surface area contributed by atoms with Gasteiger partial charge in [0.05, 0.1) is 12.6 Å². The van der Waals surface area contributed by atoms with Crippen molar-refractivity contribution in [3.63, 3.8) is 0 Å². The number of aromatic nitrogens is 2. The molecular formula is C24H30N4O2S. The minimum Gasteiger partial charge on any atom is -0.611 e. The number of fused-ring (bicyclic) bond motifs is 1. The Kier molecular flexibility index (Phi) is 6.71. The quantitative estimate of drug-likeness (QED) is 0.533. The number of hydrogen-bond acceptors (Lipinski definition) is 6. The van der Waals surface area contributed by atoms with Crippen molar-refractivity contribution in [1.29, 1.82) is 0 Å². The number of terminal acetylenes is 1. The van der Waals surface area contributed by atoms with E-state index in [1.165, 1.54) is 5.56 Å². The summed E-state index contributed by atoms with van der Waals surface area (Å²) in [5.74, 6) is 5.30. The number of benzene rings is 1. The molecule has 2 aromatic rings. The van der Waals surface area contributed by atoms with E-state index in [1.807, 2.05) is 26.0 Å². The molecule has 0 amide bonds. The third-order valence-electron chi connectivity index (χ3n) is 6.33. The Labute approximate surface area is 187 Å². The van der Waals surface area contributed by atoms with E-state index < -0.39 is 11.2 Å². The molecule has 2 aliphatic rings. The van der Waals surface area contributed by atoms with Gasteiger partial charge in [0.1, 0.15) is 11.4 Å². The fraction of sp³-hybridized carbons (Fsp3) is 0.500. The Morgan fingerprint density at radius 1 is 1.26 bits per heavy atom. The van der Waals surface area contributed by atoms with Gasteiger partial charge in [-0.2, -0.15) is 4.98 Å². The summed E-state index contributed by atoms with van der Waals surface area (Å²) >= 11 is -1.09. The zero-order valence-corrected chi connectivity index (χ0v) is 19.0. The van der Waals surface area contributed by atoms with Crippen LogP contribution in [0.4, 0.5) is 11.8 Å². The standard InChI is InChI=1S/C24H30N4O2S/c1-4-17-5-7-18(8-6-17)19-9-12-28(13-10-19)24-26-20-11-14-31(30)22(20)23(27-24)25-21(15-29)16(2)3/h1,5-8,16,19,21,29H,9-15H2,2-3H3,(H,25,26,27)/t21-,31?/m0/s1. The molecule has 2 N–H and O–H groups in total. The fourth-order valence-corrected chi connectivity index (χ4v) is 5.60. The topological polar surface area (TPSA) is 84.3 Å². The zero-order chi connectivity index (χ0) is 22.0. The fourth-order valence-electron chi connectivity index (χ4n) is 4.29. The predicted molar refractivity (Wildman–Crippen MR) is 125 cm³/mol. The molecule has 1 fully saturated rings. The van der Waals surface area contributed by atoms with E-state index in [9.17, 15) is 9.66 Å². The first-order valence-electron chi connectivity index (χ1n) is 11.0.